The molecule has 126 valence electrons. The number of imidazole rings is 1. The summed E-state index contributed by atoms with van der Waals surface area (Å²) in [6.45, 7) is 0.630. The summed E-state index contributed by atoms with van der Waals surface area (Å²) in [5.74, 6) is -0.803. The summed E-state index contributed by atoms with van der Waals surface area (Å²) in [5, 5.41) is 13.5. The lowest BCUT2D eigenvalue weighted by Gasteiger charge is -2.08. The van der Waals surface area contributed by atoms with Gasteiger partial charge < -0.3 is 9.88 Å². The Labute approximate surface area is 143 Å². The average molecular weight is 336 g/mol. The van der Waals surface area contributed by atoms with E-state index < -0.39 is 12.0 Å². The van der Waals surface area contributed by atoms with E-state index in [1.165, 1.54) is 0 Å². The van der Waals surface area contributed by atoms with E-state index in [1.807, 2.05) is 47.0 Å². The molecule has 25 heavy (non-hydrogen) atoms. The zero-order chi connectivity index (χ0) is 17.4. The van der Waals surface area contributed by atoms with Crippen LogP contribution < -0.4 is 5.32 Å². The first-order valence-corrected chi connectivity index (χ1v) is 8.05. The molecule has 0 unspecified atom stereocenters. The molecule has 1 saturated carbocycles. The number of rotatable bonds is 5. The zero-order valence-corrected chi connectivity index (χ0v) is 13.3. The SMILES string of the molecule is O=C(Nc1cccc(Cn2cnc3ccccc32)c1)[C@@H]1C[C@@H]1[N+](=O)[O-]. The smallest absolute Gasteiger partial charge is 0.234 e. The highest BCUT2D eigenvalue weighted by molar-refractivity contribution is 5.94. The molecule has 3 aromatic rings. The first kappa shape index (κ1) is 15.3. The molecule has 0 radical (unpaired) electrons. The van der Waals surface area contributed by atoms with Crippen molar-refractivity contribution in [1.29, 1.82) is 0 Å². The van der Waals surface area contributed by atoms with E-state index in [4.69, 9.17) is 0 Å². The number of hydrogen-bond acceptors (Lipinski definition) is 4. The highest BCUT2D eigenvalue weighted by Gasteiger charge is 2.53. The Hall–Kier alpha value is -3.22. The molecule has 2 atom stereocenters. The van der Waals surface area contributed by atoms with Gasteiger partial charge in [0.15, 0.2) is 0 Å². The minimum absolute atomic E-state index is 0.285. The summed E-state index contributed by atoms with van der Waals surface area (Å²) in [4.78, 5) is 26.7. The maximum atomic E-state index is 12.1. The molecule has 2 aromatic carbocycles. The summed E-state index contributed by atoms with van der Waals surface area (Å²) < 4.78 is 2.04. The minimum atomic E-state index is -0.736. The molecule has 7 nitrogen and oxygen atoms in total. The largest absolute Gasteiger partial charge is 0.326 e. The third-order valence-electron chi connectivity index (χ3n) is 4.44. The van der Waals surface area contributed by atoms with Crippen molar-refractivity contribution in [2.45, 2.75) is 19.0 Å². The van der Waals surface area contributed by atoms with E-state index in [-0.39, 0.29) is 10.8 Å². The quantitative estimate of drug-likeness (QED) is 0.573. The second-order valence-corrected chi connectivity index (χ2v) is 6.25. The van der Waals surface area contributed by atoms with Crippen LogP contribution in [0.4, 0.5) is 5.69 Å². The highest BCUT2D eigenvalue weighted by atomic mass is 16.6. The van der Waals surface area contributed by atoms with Crippen LogP contribution in [0.15, 0.2) is 54.9 Å². The van der Waals surface area contributed by atoms with Gasteiger partial charge in [-0.15, -0.1) is 0 Å². The average Bonchev–Trinajstić information content (AvgIpc) is 3.32. The fourth-order valence-electron chi connectivity index (χ4n) is 3.01. The number of benzene rings is 2. The lowest BCUT2D eigenvalue weighted by molar-refractivity contribution is -0.497. The Morgan fingerprint density at radius 3 is 2.92 bits per heavy atom. The Morgan fingerprint density at radius 2 is 2.12 bits per heavy atom. The van der Waals surface area contributed by atoms with Gasteiger partial charge in [-0.1, -0.05) is 24.3 Å². The van der Waals surface area contributed by atoms with Crippen molar-refractivity contribution in [1.82, 2.24) is 9.55 Å². The molecule has 0 aliphatic heterocycles. The number of amides is 1. The fraction of sp³-hybridized carbons (Fsp3) is 0.222. The van der Waals surface area contributed by atoms with E-state index >= 15 is 0 Å². The number of carbonyl (C=O) groups is 1. The van der Waals surface area contributed by atoms with Crippen LogP contribution in [0.5, 0.6) is 0 Å². The van der Waals surface area contributed by atoms with Gasteiger partial charge in [0, 0.05) is 23.6 Å². The summed E-state index contributed by atoms with van der Waals surface area (Å²) in [6, 6.07) is 14.7. The van der Waals surface area contributed by atoms with Crippen molar-refractivity contribution in [3.05, 3.63) is 70.5 Å². The van der Waals surface area contributed by atoms with Crippen LogP contribution in [0.1, 0.15) is 12.0 Å². The van der Waals surface area contributed by atoms with Crippen LogP contribution in [0, 0.1) is 16.0 Å². The maximum absolute atomic E-state index is 12.1. The number of fused-ring (bicyclic) bond motifs is 1. The predicted octanol–water partition coefficient (Wildman–Crippen LogP) is 2.69. The molecule has 0 spiro atoms. The number of nitrogens with zero attached hydrogens (tertiary/aromatic N) is 3. The predicted molar refractivity (Wildman–Crippen MR) is 92.8 cm³/mol. The number of para-hydroxylation sites is 2. The van der Waals surface area contributed by atoms with Crippen LogP contribution >= 0.6 is 0 Å². The second kappa shape index (κ2) is 6.01. The van der Waals surface area contributed by atoms with Gasteiger partial charge >= 0.3 is 0 Å². The van der Waals surface area contributed by atoms with Crippen LogP contribution in [0.3, 0.4) is 0 Å². The fourth-order valence-corrected chi connectivity index (χ4v) is 3.01. The van der Waals surface area contributed by atoms with Crippen molar-refractivity contribution in [3.63, 3.8) is 0 Å². The molecule has 1 aliphatic rings. The number of anilines is 1. The first-order valence-electron chi connectivity index (χ1n) is 8.05. The van der Waals surface area contributed by atoms with E-state index in [1.54, 1.807) is 12.4 Å². The monoisotopic (exact) mass is 336 g/mol. The molecule has 7 heteroatoms. The molecule has 0 bridgehead atoms. The molecule has 1 aromatic heterocycles. The van der Waals surface area contributed by atoms with Gasteiger partial charge in [-0.2, -0.15) is 0 Å². The standard InChI is InChI=1S/C18H16N4O3/c23-18(14-9-17(14)22(24)25)20-13-5-3-4-12(8-13)10-21-11-19-15-6-1-2-7-16(15)21/h1-8,11,14,17H,9-10H2,(H,20,23)/t14-,17+/m1/s1. The van der Waals surface area contributed by atoms with E-state index in [0.717, 1.165) is 16.6 Å². The number of nitro groups is 1. The molecular formula is C18H16N4O3. The first-order chi connectivity index (χ1) is 12.1. The highest BCUT2D eigenvalue weighted by Crippen LogP contribution is 2.34. The van der Waals surface area contributed by atoms with Crippen molar-refractivity contribution >= 4 is 22.6 Å². The van der Waals surface area contributed by atoms with E-state index in [9.17, 15) is 14.9 Å². The Balaban J connectivity index is 1.48. The van der Waals surface area contributed by atoms with Gasteiger partial charge in [-0.3, -0.25) is 14.9 Å². The van der Waals surface area contributed by atoms with Crippen molar-refractivity contribution in [3.8, 4) is 0 Å². The second-order valence-electron chi connectivity index (χ2n) is 6.25. The van der Waals surface area contributed by atoms with Crippen LogP contribution in [0.2, 0.25) is 0 Å². The van der Waals surface area contributed by atoms with Crippen LogP contribution in [-0.2, 0) is 11.3 Å². The third kappa shape index (κ3) is 3.08. The molecule has 4 rings (SSSR count). The van der Waals surface area contributed by atoms with E-state index in [0.29, 0.717) is 18.7 Å². The van der Waals surface area contributed by atoms with Gasteiger partial charge in [-0.05, 0) is 29.8 Å². The van der Waals surface area contributed by atoms with Crippen molar-refractivity contribution in [2.75, 3.05) is 5.32 Å². The molecule has 1 amide bonds. The van der Waals surface area contributed by atoms with Gasteiger partial charge in [0.05, 0.1) is 17.4 Å². The summed E-state index contributed by atoms with van der Waals surface area (Å²) >= 11 is 0. The van der Waals surface area contributed by atoms with Crippen LogP contribution in [-0.4, -0.2) is 26.4 Å². The van der Waals surface area contributed by atoms with E-state index in [2.05, 4.69) is 10.3 Å². The lowest BCUT2D eigenvalue weighted by atomic mass is 10.2. The van der Waals surface area contributed by atoms with Gasteiger partial charge in [0.25, 0.3) is 0 Å². The molecule has 1 N–H and O–H groups in total. The number of nitrogens with one attached hydrogen (secondary N) is 1. The van der Waals surface area contributed by atoms with Gasteiger partial charge in [0.1, 0.15) is 5.92 Å². The molecule has 0 saturated heterocycles. The third-order valence-corrected chi connectivity index (χ3v) is 4.44. The number of hydrogen-bond donors (Lipinski definition) is 1. The maximum Gasteiger partial charge on any atom is 0.234 e. The molecule has 1 aliphatic carbocycles. The minimum Gasteiger partial charge on any atom is -0.326 e. The lowest BCUT2D eigenvalue weighted by Crippen LogP contribution is -2.18. The number of aromatic nitrogens is 2. The van der Waals surface area contributed by atoms with Gasteiger partial charge in [-0.25, -0.2) is 4.98 Å². The Morgan fingerprint density at radius 1 is 1.28 bits per heavy atom. The summed E-state index contributed by atoms with van der Waals surface area (Å²) in [6.07, 6.45) is 2.11. The molecule has 1 fully saturated rings. The summed E-state index contributed by atoms with van der Waals surface area (Å²) in [5.41, 5.74) is 3.65. The topological polar surface area (TPSA) is 90.1 Å². The van der Waals surface area contributed by atoms with Gasteiger partial charge in [0.2, 0.25) is 11.9 Å². The number of carbonyl (C=O) groups excluding carboxylic acids is 1. The normalized spacial score (nSPS) is 18.9. The Kier molecular flexibility index (Phi) is 3.68. The van der Waals surface area contributed by atoms with Crippen molar-refractivity contribution in [2.24, 2.45) is 5.92 Å². The van der Waals surface area contributed by atoms with Crippen molar-refractivity contribution < 1.29 is 9.72 Å². The van der Waals surface area contributed by atoms with Crippen LogP contribution in [0.25, 0.3) is 11.0 Å². The molecular weight excluding hydrogens is 320 g/mol. The summed E-state index contributed by atoms with van der Waals surface area (Å²) in [7, 11) is 0. The Bertz CT molecular complexity index is 966. The zero-order valence-electron chi connectivity index (χ0n) is 13.3. The molecule has 1 heterocycles.